The van der Waals surface area contributed by atoms with Crippen molar-refractivity contribution in [2.45, 2.75) is 20.0 Å². The molecule has 2 aromatic rings. The van der Waals surface area contributed by atoms with Crippen LogP contribution in [0.3, 0.4) is 0 Å². The molecule has 0 aliphatic rings. The summed E-state index contributed by atoms with van der Waals surface area (Å²) in [7, 11) is 0. The number of para-hydroxylation sites is 1. The SMILES string of the molecule is Cc1ccc(Cl)c(OCC(=O)NNC(=O)[C@H](C)Oc2ccccc2F)c1. The number of hydrazine groups is 1. The molecule has 0 saturated carbocycles. The maximum atomic E-state index is 13.5. The fourth-order valence-electron chi connectivity index (χ4n) is 1.92. The summed E-state index contributed by atoms with van der Waals surface area (Å²) in [5.41, 5.74) is 5.30. The van der Waals surface area contributed by atoms with Gasteiger partial charge < -0.3 is 9.47 Å². The molecule has 2 N–H and O–H groups in total. The minimum atomic E-state index is -1.01. The third-order valence-electron chi connectivity index (χ3n) is 3.28. The van der Waals surface area contributed by atoms with Crippen molar-refractivity contribution in [1.29, 1.82) is 0 Å². The zero-order chi connectivity index (χ0) is 19.1. The van der Waals surface area contributed by atoms with Crippen molar-refractivity contribution in [3.8, 4) is 11.5 Å². The van der Waals surface area contributed by atoms with E-state index in [0.29, 0.717) is 10.8 Å². The van der Waals surface area contributed by atoms with E-state index in [9.17, 15) is 14.0 Å². The number of amides is 2. The lowest BCUT2D eigenvalue weighted by molar-refractivity contribution is -0.133. The second-order valence-electron chi connectivity index (χ2n) is 5.45. The molecule has 26 heavy (non-hydrogen) atoms. The van der Waals surface area contributed by atoms with Crippen LogP contribution in [0.15, 0.2) is 42.5 Å². The van der Waals surface area contributed by atoms with E-state index in [2.05, 4.69) is 10.9 Å². The third-order valence-corrected chi connectivity index (χ3v) is 3.59. The van der Waals surface area contributed by atoms with Gasteiger partial charge in [0, 0.05) is 0 Å². The van der Waals surface area contributed by atoms with Crippen LogP contribution in [0.25, 0.3) is 0 Å². The maximum absolute atomic E-state index is 13.5. The summed E-state index contributed by atoms with van der Waals surface area (Å²) in [5, 5.41) is 0.374. The molecular formula is C18H18ClFN2O4. The molecule has 138 valence electrons. The second-order valence-corrected chi connectivity index (χ2v) is 5.86. The van der Waals surface area contributed by atoms with Crippen LogP contribution in [0.1, 0.15) is 12.5 Å². The number of halogens is 2. The molecule has 8 heteroatoms. The highest BCUT2D eigenvalue weighted by molar-refractivity contribution is 6.32. The minimum absolute atomic E-state index is 0.0566. The van der Waals surface area contributed by atoms with Crippen molar-refractivity contribution >= 4 is 23.4 Å². The van der Waals surface area contributed by atoms with Gasteiger partial charge in [-0.3, -0.25) is 20.4 Å². The molecule has 0 aliphatic carbocycles. The molecule has 0 saturated heterocycles. The van der Waals surface area contributed by atoms with Gasteiger partial charge in [-0.15, -0.1) is 0 Å². The van der Waals surface area contributed by atoms with E-state index in [1.807, 2.05) is 13.0 Å². The van der Waals surface area contributed by atoms with Crippen molar-refractivity contribution < 1.29 is 23.5 Å². The van der Waals surface area contributed by atoms with Gasteiger partial charge in [-0.1, -0.05) is 29.8 Å². The summed E-state index contributed by atoms with van der Waals surface area (Å²) in [5.74, 6) is -1.51. The predicted octanol–water partition coefficient (Wildman–Crippen LogP) is 2.78. The largest absolute Gasteiger partial charge is 0.482 e. The Kier molecular flexibility index (Phi) is 6.80. The van der Waals surface area contributed by atoms with Crippen LogP contribution >= 0.6 is 11.6 Å². The number of aryl methyl sites for hydroxylation is 1. The smallest absolute Gasteiger partial charge is 0.279 e. The Labute approximate surface area is 155 Å². The van der Waals surface area contributed by atoms with Crippen molar-refractivity contribution in [3.05, 3.63) is 58.9 Å². The monoisotopic (exact) mass is 380 g/mol. The fourth-order valence-corrected chi connectivity index (χ4v) is 2.09. The van der Waals surface area contributed by atoms with Crippen LogP contribution in [-0.4, -0.2) is 24.5 Å². The number of hydrogen-bond acceptors (Lipinski definition) is 4. The lowest BCUT2D eigenvalue weighted by atomic mass is 10.2. The van der Waals surface area contributed by atoms with Crippen molar-refractivity contribution in [2.24, 2.45) is 0 Å². The number of ether oxygens (including phenoxy) is 2. The van der Waals surface area contributed by atoms with E-state index in [1.165, 1.54) is 25.1 Å². The first-order chi connectivity index (χ1) is 12.4. The maximum Gasteiger partial charge on any atom is 0.279 e. The van der Waals surface area contributed by atoms with E-state index < -0.39 is 23.7 Å². The number of nitrogens with one attached hydrogen (secondary N) is 2. The molecule has 6 nitrogen and oxygen atoms in total. The van der Waals surface area contributed by atoms with E-state index in [0.717, 1.165) is 5.56 Å². The highest BCUT2D eigenvalue weighted by Gasteiger charge is 2.17. The Balaban J connectivity index is 1.78. The van der Waals surface area contributed by atoms with Crippen LogP contribution < -0.4 is 20.3 Å². The first-order valence-electron chi connectivity index (χ1n) is 7.75. The summed E-state index contributed by atoms with van der Waals surface area (Å²) in [6, 6.07) is 10.9. The first kappa shape index (κ1) is 19.5. The number of carbonyl (C=O) groups excluding carboxylic acids is 2. The highest BCUT2D eigenvalue weighted by atomic mass is 35.5. The number of carbonyl (C=O) groups is 2. The average molecular weight is 381 g/mol. The molecule has 0 heterocycles. The Hall–Kier alpha value is -2.80. The van der Waals surface area contributed by atoms with Gasteiger partial charge in [-0.05, 0) is 43.7 Å². The van der Waals surface area contributed by atoms with Gasteiger partial charge in [-0.25, -0.2) is 4.39 Å². The van der Waals surface area contributed by atoms with Gasteiger partial charge in [-0.2, -0.15) is 0 Å². The minimum Gasteiger partial charge on any atom is -0.482 e. The molecule has 2 rings (SSSR count). The van der Waals surface area contributed by atoms with Crippen LogP contribution in [-0.2, 0) is 9.59 Å². The zero-order valence-corrected chi connectivity index (χ0v) is 15.0. The molecule has 0 fully saturated rings. The van der Waals surface area contributed by atoms with Gasteiger partial charge in [0.05, 0.1) is 5.02 Å². The predicted molar refractivity (Wildman–Crippen MR) is 94.5 cm³/mol. The van der Waals surface area contributed by atoms with Gasteiger partial charge in [0.1, 0.15) is 5.75 Å². The van der Waals surface area contributed by atoms with Gasteiger partial charge in [0.25, 0.3) is 11.8 Å². The fraction of sp³-hybridized carbons (Fsp3) is 0.222. The van der Waals surface area contributed by atoms with E-state index >= 15 is 0 Å². The average Bonchev–Trinajstić information content (AvgIpc) is 2.62. The summed E-state index contributed by atoms with van der Waals surface area (Å²) < 4.78 is 24.0. The van der Waals surface area contributed by atoms with Crippen molar-refractivity contribution in [2.75, 3.05) is 6.61 Å². The molecule has 2 aromatic carbocycles. The summed E-state index contributed by atoms with van der Waals surface area (Å²) >= 11 is 5.96. The highest BCUT2D eigenvalue weighted by Crippen LogP contribution is 2.25. The lowest BCUT2D eigenvalue weighted by Gasteiger charge is -2.15. The van der Waals surface area contributed by atoms with Gasteiger partial charge in [0.15, 0.2) is 24.3 Å². The Morgan fingerprint density at radius 3 is 2.62 bits per heavy atom. The van der Waals surface area contributed by atoms with Crippen LogP contribution in [0, 0.1) is 12.7 Å². The van der Waals surface area contributed by atoms with Gasteiger partial charge in [0.2, 0.25) is 0 Å². The van der Waals surface area contributed by atoms with Crippen molar-refractivity contribution in [1.82, 2.24) is 10.9 Å². The Bertz CT molecular complexity index is 801. The molecule has 0 bridgehead atoms. The molecule has 0 aromatic heterocycles. The standard InChI is InChI=1S/C18H18ClFN2O4/c1-11-7-8-13(19)16(9-11)25-10-17(23)21-22-18(24)12(2)26-15-6-4-3-5-14(15)20/h3-9,12H,10H2,1-2H3,(H,21,23)(H,22,24)/t12-/m0/s1. The van der Waals surface area contributed by atoms with Crippen LogP contribution in [0.5, 0.6) is 11.5 Å². The third kappa shape index (κ3) is 5.63. The number of hydrogen-bond donors (Lipinski definition) is 2. The zero-order valence-electron chi connectivity index (χ0n) is 14.2. The Morgan fingerprint density at radius 1 is 1.15 bits per heavy atom. The topological polar surface area (TPSA) is 76.7 Å². The molecule has 0 unspecified atom stereocenters. The molecule has 2 amide bonds. The molecular weight excluding hydrogens is 363 g/mol. The Morgan fingerprint density at radius 2 is 1.88 bits per heavy atom. The molecule has 1 atom stereocenters. The molecule has 0 spiro atoms. The van der Waals surface area contributed by atoms with Gasteiger partial charge >= 0.3 is 0 Å². The summed E-state index contributed by atoms with van der Waals surface area (Å²) in [6.07, 6.45) is -1.01. The van der Waals surface area contributed by atoms with Crippen LogP contribution in [0.4, 0.5) is 4.39 Å². The number of benzene rings is 2. The van der Waals surface area contributed by atoms with E-state index in [-0.39, 0.29) is 12.4 Å². The second kappa shape index (κ2) is 9.05. The lowest BCUT2D eigenvalue weighted by Crippen LogP contribution is -2.48. The quantitative estimate of drug-likeness (QED) is 0.755. The summed E-state index contributed by atoms with van der Waals surface area (Å²) in [4.78, 5) is 23.7. The molecule has 0 aliphatic heterocycles. The van der Waals surface area contributed by atoms with Crippen molar-refractivity contribution in [3.63, 3.8) is 0 Å². The molecule has 0 radical (unpaired) electrons. The number of rotatable bonds is 6. The summed E-state index contributed by atoms with van der Waals surface area (Å²) in [6.45, 7) is 2.95. The van der Waals surface area contributed by atoms with Crippen LogP contribution in [0.2, 0.25) is 5.02 Å². The van der Waals surface area contributed by atoms with E-state index in [4.69, 9.17) is 21.1 Å². The van der Waals surface area contributed by atoms with E-state index in [1.54, 1.807) is 18.2 Å². The first-order valence-corrected chi connectivity index (χ1v) is 8.13. The normalized spacial score (nSPS) is 11.4.